The highest BCUT2D eigenvalue weighted by Gasteiger charge is 2.02. The van der Waals surface area contributed by atoms with E-state index in [0.29, 0.717) is 11.3 Å². The highest BCUT2D eigenvalue weighted by atomic mass is 14.9. The van der Waals surface area contributed by atoms with Crippen LogP contribution in [0.1, 0.15) is 5.56 Å². The molecular formula is C16H12N4. The Kier molecular flexibility index (Phi) is 2.94. The minimum Gasteiger partial charge on any atom is -0.397 e. The fourth-order valence-electron chi connectivity index (χ4n) is 2.05. The van der Waals surface area contributed by atoms with Crippen LogP contribution in [-0.4, -0.2) is 4.98 Å². The van der Waals surface area contributed by atoms with Crippen LogP contribution in [0.25, 0.3) is 10.9 Å². The average Bonchev–Trinajstić information content (AvgIpc) is 2.49. The summed E-state index contributed by atoms with van der Waals surface area (Å²) in [6, 6.07) is 17.1. The molecule has 4 heteroatoms. The van der Waals surface area contributed by atoms with Crippen molar-refractivity contribution in [1.29, 1.82) is 5.26 Å². The van der Waals surface area contributed by atoms with Crippen molar-refractivity contribution in [3.05, 3.63) is 60.3 Å². The summed E-state index contributed by atoms with van der Waals surface area (Å²) in [7, 11) is 0. The van der Waals surface area contributed by atoms with E-state index >= 15 is 0 Å². The molecule has 0 aliphatic rings. The van der Waals surface area contributed by atoms with Crippen molar-refractivity contribution in [2.45, 2.75) is 0 Å². The third kappa shape index (κ3) is 2.25. The lowest BCUT2D eigenvalue weighted by atomic mass is 10.1. The molecule has 0 atom stereocenters. The van der Waals surface area contributed by atoms with Crippen molar-refractivity contribution in [1.82, 2.24) is 4.98 Å². The van der Waals surface area contributed by atoms with Crippen molar-refractivity contribution in [3.8, 4) is 6.07 Å². The number of nitrogens with two attached hydrogens (primary N) is 1. The number of nitriles is 1. The molecule has 0 saturated carbocycles. The molecule has 3 N–H and O–H groups in total. The van der Waals surface area contributed by atoms with Crippen LogP contribution in [0, 0.1) is 11.3 Å². The van der Waals surface area contributed by atoms with Crippen LogP contribution in [0.2, 0.25) is 0 Å². The molecule has 3 aromatic rings. The lowest BCUT2D eigenvalue weighted by molar-refractivity contribution is 1.41. The normalized spacial score (nSPS) is 10.2. The Bertz CT molecular complexity index is 818. The SMILES string of the molecule is N#Cc1ccc(Nc2ccc3ncccc3c2)c(N)c1. The molecule has 0 unspecified atom stereocenters. The largest absolute Gasteiger partial charge is 0.397 e. The number of aromatic nitrogens is 1. The predicted molar refractivity (Wildman–Crippen MR) is 80.6 cm³/mol. The van der Waals surface area contributed by atoms with Crippen molar-refractivity contribution < 1.29 is 0 Å². The van der Waals surface area contributed by atoms with Gasteiger partial charge < -0.3 is 11.1 Å². The Balaban J connectivity index is 1.95. The molecule has 0 radical (unpaired) electrons. The molecule has 0 aliphatic heterocycles. The van der Waals surface area contributed by atoms with Gasteiger partial charge in [-0.15, -0.1) is 0 Å². The van der Waals surface area contributed by atoms with Gasteiger partial charge in [-0.05, 0) is 42.5 Å². The summed E-state index contributed by atoms with van der Waals surface area (Å²) in [6.07, 6.45) is 1.77. The lowest BCUT2D eigenvalue weighted by Crippen LogP contribution is -1.97. The van der Waals surface area contributed by atoms with Gasteiger partial charge in [-0.1, -0.05) is 6.07 Å². The molecule has 0 bridgehead atoms. The Hall–Kier alpha value is -3.06. The second-order valence-electron chi connectivity index (χ2n) is 4.45. The number of benzene rings is 2. The van der Waals surface area contributed by atoms with Crippen LogP contribution in [0.3, 0.4) is 0 Å². The topological polar surface area (TPSA) is 74.7 Å². The van der Waals surface area contributed by atoms with Gasteiger partial charge in [0.15, 0.2) is 0 Å². The molecule has 1 aromatic heterocycles. The maximum absolute atomic E-state index is 8.83. The van der Waals surface area contributed by atoms with E-state index < -0.39 is 0 Å². The number of nitrogens with zero attached hydrogens (tertiary/aromatic N) is 2. The van der Waals surface area contributed by atoms with Gasteiger partial charge in [-0.2, -0.15) is 5.26 Å². The Morgan fingerprint density at radius 1 is 1.10 bits per heavy atom. The zero-order valence-electron chi connectivity index (χ0n) is 10.7. The first-order valence-electron chi connectivity index (χ1n) is 6.18. The first kappa shape index (κ1) is 12.0. The highest BCUT2D eigenvalue weighted by molar-refractivity contribution is 5.84. The average molecular weight is 260 g/mol. The van der Waals surface area contributed by atoms with E-state index in [2.05, 4.69) is 16.4 Å². The molecule has 4 nitrogen and oxygen atoms in total. The highest BCUT2D eigenvalue weighted by Crippen LogP contribution is 2.25. The number of nitrogen functional groups attached to an aromatic ring is 1. The molecule has 0 amide bonds. The van der Waals surface area contributed by atoms with Crippen molar-refractivity contribution in [2.75, 3.05) is 11.1 Å². The number of nitrogens with one attached hydrogen (secondary N) is 1. The quantitative estimate of drug-likeness (QED) is 0.692. The zero-order valence-corrected chi connectivity index (χ0v) is 10.7. The predicted octanol–water partition coefficient (Wildman–Crippen LogP) is 3.43. The van der Waals surface area contributed by atoms with Gasteiger partial charge in [-0.3, -0.25) is 4.98 Å². The van der Waals surface area contributed by atoms with Gasteiger partial charge in [-0.25, -0.2) is 0 Å². The van der Waals surface area contributed by atoms with E-state index in [1.54, 1.807) is 24.4 Å². The van der Waals surface area contributed by atoms with E-state index in [-0.39, 0.29) is 0 Å². The second-order valence-corrected chi connectivity index (χ2v) is 4.45. The molecule has 1 heterocycles. The van der Waals surface area contributed by atoms with Gasteiger partial charge in [0.1, 0.15) is 0 Å². The minimum absolute atomic E-state index is 0.551. The summed E-state index contributed by atoms with van der Waals surface area (Å²) in [4.78, 5) is 4.28. The number of anilines is 3. The zero-order chi connectivity index (χ0) is 13.9. The number of rotatable bonds is 2. The fourth-order valence-corrected chi connectivity index (χ4v) is 2.05. The Labute approximate surface area is 116 Å². The molecule has 2 aromatic carbocycles. The van der Waals surface area contributed by atoms with Crippen molar-refractivity contribution >= 4 is 28.0 Å². The van der Waals surface area contributed by atoms with Gasteiger partial charge in [0.2, 0.25) is 0 Å². The van der Waals surface area contributed by atoms with Gasteiger partial charge in [0.05, 0.1) is 28.5 Å². The number of hydrogen-bond acceptors (Lipinski definition) is 4. The van der Waals surface area contributed by atoms with E-state index in [1.165, 1.54) is 0 Å². The van der Waals surface area contributed by atoms with Gasteiger partial charge in [0.25, 0.3) is 0 Å². The number of pyridine rings is 1. The van der Waals surface area contributed by atoms with E-state index in [0.717, 1.165) is 22.3 Å². The molecule has 0 spiro atoms. The maximum atomic E-state index is 8.83. The third-order valence-corrected chi connectivity index (χ3v) is 3.06. The summed E-state index contributed by atoms with van der Waals surface area (Å²) in [6.45, 7) is 0. The molecule has 3 rings (SSSR count). The standard InChI is InChI=1S/C16H12N4/c17-10-11-3-5-16(14(18)8-11)20-13-4-6-15-12(9-13)2-1-7-19-15/h1-9,20H,18H2. The Morgan fingerprint density at radius 3 is 2.80 bits per heavy atom. The summed E-state index contributed by atoms with van der Waals surface area (Å²) < 4.78 is 0. The van der Waals surface area contributed by atoms with Gasteiger partial charge in [0, 0.05) is 17.3 Å². The van der Waals surface area contributed by atoms with Crippen LogP contribution >= 0.6 is 0 Å². The second kappa shape index (κ2) is 4.90. The summed E-state index contributed by atoms with van der Waals surface area (Å²) >= 11 is 0. The maximum Gasteiger partial charge on any atom is 0.0992 e. The number of fused-ring (bicyclic) bond motifs is 1. The summed E-state index contributed by atoms with van der Waals surface area (Å²) in [5.41, 5.74) is 9.70. The molecular weight excluding hydrogens is 248 g/mol. The molecule has 0 saturated heterocycles. The molecule has 0 aliphatic carbocycles. The first-order valence-corrected chi connectivity index (χ1v) is 6.18. The van der Waals surface area contributed by atoms with Crippen LogP contribution in [0.15, 0.2) is 54.7 Å². The van der Waals surface area contributed by atoms with Crippen LogP contribution in [0.4, 0.5) is 17.1 Å². The van der Waals surface area contributed by atoms with Crippen LogP contribution in [-0.2, 0) is 0 Å². The fraction of sp³-hybridized carbons (Fsp3) is 0. The minimum atomic E-state index is 0.551. The smallest absolute Gasteiger partial charge is 0.0992 e. The molecule has 96 valence electrons. The van der Waals surface area contributed by atoms with Gasteiger partial charge >= 0.3 is 0 Å². The molecule has 20 heavy (non-hydrogen) atoms. The van der Waals surface area contributed by atoms with Crippen LogP contribution < -0.4 is 11.1 Å². The first-order chi connectivity index (χ1) is 9.76. The monoisotopic (exact) mass is 260 g/mol. The summed E-state index contributed by atoms with van der Waals surface area (Å²) in [5.74, 6) is 0. The van der Waals surface area contributed by atoms with E-state index in [1.807, 2.05) is 30.3 Å². The summed E-state index contributed by atoms with van der Waals surface area (Å²) in [5, 5.41) is 13.1. The number of hydrogen-bond donors (Lipinski definition) is 2. The van der Waals surface area contributed by atoms with E-state index in [4.69, 9.17) is 11.0 Å². The Morgan fingerprint density at radius 2 is 2.00 bits per heavy atom. The van der Waals surface area contributed by atoms with Crippen LogP contribution in [0.5, 0.6) is 0 Å². The lowest BCUT2D eigenvalue weighted by Gasteiger charge is -2.10. The van der Waals surface area contributed by atoms with Crippen molar-refractivity contribution in [2.24, 2.45) is 0 Å². The van der Waals surface area contributed by atoms with Crippen molar-refractivity contribution in [3.63, 3.8) is 0 Å². The third-order valence-electron chi connectivity index (χ3n) is 3.06. The van der Waals surface area contributed by atoms with E-state index in [9.17, 15) is 0 Å². The molecule has 0 fully saturated rings.